The second-order valence-electron chi connectivity index (χ2n) is 3.60. The van der Waals surface area contributed by atoms with E-state index in [4.69, 9.17) is 16.7 Å². The maximum absolute atomic E-state index is 12.2. The standard InChI is InChI=1S/C11H9BrClNO3S2/c12-8-2-1-7(5-9(8)13)14-19(16,17)11-3-4-18-10(11)6-15/h1-5,14-15H,6H2. The first-order chi connectivity index (χ1) is 8.94. The quantitative estimate of drug-likeness (QED) is 0.851. The number of hydrogen-bond donors (Lipinski definition) is 2. The third kappa shape index (κ3) is 3.29. The fourth-order valence-corrected chi connectivity index (χ4v) is 4.23. The maximum Gasteiger partial charge on any atom is 0.263 e. The van der Waals surface area contributed by atoms with Crippen LogP contribution in [0.4, 0.5) is 5.69 Å². The van der Waals surface area contributed by atoms with Crippen molar-refractivity contribution in [3.05, 3.63) is 44.0 Å². The van der Waals surface area contributed by atoms with Crippen molar-refractivity contribution in [2.75, 3.05) is 4.72 Å². The van der Waals surface area contributed by atoms with Gasteiger partial charge in [-0.3, -0.25) is 4.72 Å². The van der Waals surface area contributed by atoms with Gasteiger partial charge in [0.15, 0.2) is 0 Å². The van der Waals surface area contributed by atoms with Gasteiger partial charge in [-0.05, 0) is 45.6 Å². The monoisotopic (exact) mass is 381 g/mol. The zero-order valence-electron chi connectivity index (χ0n) is 9.43. The molecule has 8 heteroatoms. The zero-order chi connectivity index (χ0) is 14.0. The molecule has 1 aromatic heterocycles. The fraction of sp³-hybridized carbons (Fsp3) is 0.0909. The summed E-state index contributed by atoms with van der Waals surface area (Å²) >= 11 is 10.3. The molecule has 1 aromatic carbocycles. The van der Waals surface area contributed by atoms with Crippen LogP contribution in [0.15, 0.2) is 39.0 Å². The highest BCUT2D eigenvalue weighted by Crippen LogP contribution is 2.28. The molecule has 2 aromatic rings. The van der Waals surface area contributed by atoms with Gasteiger partial charge in [-0.15, -0.1) is 11.3 Å². The minimum atomic E-state index is -3.72. The molecule has 1 heterocycles. The van der Waals surface area contributed by atoms with Gasteiger partial charge in [0, 0.05) is 4.47 Å². The van der Waals surface area contributed by atoms with Crippen LogP contribution in [0.25, 0.3) is 0 Å². The highest BCUT2D eigenvalue weighted by atomic mass is 79.9. The molecule has 2 rings (SSSR count). The van der Waals surface area contributed by atoms with Crippen molar-refractivity contribution in [2.24, 2.45) is 0 Å². The summed E-state index contributed by atoms with van der Waals surface area (Å²) in [7, 11) is -3.72. The van der Waals surface area contributed by atoms with Crippen molar-refractivity contribution in [3.63, 3.8) is 0 Å². The van der Waals surface area contributed by atoms with E-state index in [1.54, 1.807) is 17.5 Å². The number of hydrogen-bond acceptors (Lipinski definition) is 4. The smallest absolute Gasteiger partial charge is 0.263 e. The Morgan fingerprint density at radius 1 is 1.37 bits per heavy atom. The third-order valence-electron chi connectivity index (χ3n) is 2.31. The molecule has 0 aliphatic carbocycles. The molecule has 0 saturated carbocycles. The van der Waals surface area contributed by atoms with E-state index in [2.05, 4.69) is 20.7 Å². The van der Waals surface area contributed by atoms with Crippen LogP contribution in [0.1, 0.15) is 4.88 Å². The molecule has 0 amide bonds. The number of anilines is 1. The number of rotatable bonds is 4. The lowest BCUT2D eigenvalue weighted by atomic mass is 10.3. The number of thiophene rings is 1. The molecule has 0 fully saturated rings. The molecule has 0 saturated heterocycles. The van der Waals surface area contributed by atoms with Gasteiger partial charge in [0.1, 0.15) is 4.90 Å². The van der Waals surface area contributed by atoms with E-state index in [0.29, 0.717) is 20.1 Å². The summed E-state index contributed by atoms with van der Waals surface area (Å²) in [6.45, 7) is -0.311. The van der Waals surface area contributed by atoms with E-state index in [1.165, 1.54) is 23.5 Å². The Morgan fingerprint density at radius 3 is 2.74 bits per heavy atom. The molecular formula is C11H9BrClNO3S2. The van der Waals surface area contributed by atoms with Gasteiger partial charge in [-0.25, -0.2) is 8.42 Å². The highest BCUT2D eigenvalue weighted by Gasteiger charge is 2.19. The SMILES string of the molecule is O=S(=O)(Nc1ccc(Br)c(Cl)c1)c1ccsc1CO. The maximum atomic E-state index is 12.2. The molecule has 19 heavy (non-hydrogen) atoms. The molecule has 0 unspecified atom stereocenters. The lowest BCUT2D eigenvalue weighted by molar-refractivity contribution is 0.282. The van der Waals surface area contributed by atoms with Crippen LogP contribution in [0.5, 0.6) is 0 Å². The fourth-order valence-electron chi connectivity index (χ4n) is 1.45. The topological polar surface area (TPSA) is 66.4 Å². The Kier molecular flexibility index (Phi) is 4.52. The Bertz CT molecular complexity index is 700. The Labute approximate surface area is 128 Å². The molecule has 0 atom stereocenters. The molecular weight excluding hydrogens is 374 g/mol. The lowest BCUT2D eigenvalue weighted by Gasteiger charge is -2.09. The number of halogens is 2. The lowest BCUT2D eigenvalue weighted by Crippen LogP contribution is -2.13. The number of benzene rings is 1. The van der Waals surface area contributed by atoms with Crippen LogP contribution in [-0.2, 0) is 16.6 Å². The average molecular weight is 383 g/mol. The summed E-state index contributed by atoms with van der Waals surface area (Å²) in [6.07, 6.45) is 0. The summed E-state index contributed by atoms with van der Waals surface area (Å²) in [4.78, 5) is 0.481. The second kappa shape index (κ2) is 5.80. The van der Waals surface area contributed by atoms with Gasteiger partial charge in [0.05, 0.1) is 22.2 Å². The summed E-state index contributed by atoms with van der Waals surface area (Å²) < 4.78 is 27.4. The Morgan fingerprint density at radius 2 is 2.11 bits per heavy atom. The first-order valence-electron chi connectivity index (χ1n) is 5.09. The molecule has 0 aliphatic rings. The van der Waals surface area contributed by atoms with Crippen molar-refractivity contribution in [3.8, 4) is 0 Å². The molecule has 0 radical (unpaired) electrons. The van der Waals surface area contributed by atoms with Crippen LogP contribution >= 0.6 is 38.9 Å². The molecule has 2 N–H and O–H groups in total. The van der Waals surface area contributed by atoms with E-state index in [0.717, 1.165) is 0 Å². The summed E-state index contributed by atoms with van der Waals surface area (Å²) in [5.74, 6) is 0. The molecule has 0 spiro atoms. The predicted molar refractivity (Wildman–Crippen MR) is 80.2 cm³/mol. The second-order valence-corrected chi connectivity index (χ2v) is 7.51. The van der Waals surface area contributed by atoms with Gasteiger partial charge >= 0.3 is 0 Å². The van der Waals surface area contributed by atoms with Crippen molar-refractivity contribution >= 4 is 54.6 Å². The Balaban J connectivity index is 2.34. The van der Waals surface area contributed by atoms with E-state index in [1.807, 2.05) is 0 Å². The number of nitrogens with one attached hydrogen (secondary N) is 1. The largest absolute Gasteiger partial charge is 0.391 e. The van der Waals surface area contributed by atoms with Crippen molar-refractivity contribution < 1.29 is 13.5 Å². The van der Waals surface area contributed by atoms with Crippen LogP contribution in [0.3, 0.4) is 0 Å². The van der Waals surface area contributed by atoms with Crippen molar-refractivity contribution in [1.82, 2.24) is 0 Å². The molecule has 4 nitrogen and oxygen atoms in total. The first-order valence-corrected chi connectivity index (χ1v) is 8.62. The third-order valence-corrected chi connectivity index (χ3v) is 6.04. The highest BCUT2D eigenvalue weighted by molar-refractivity contribution is 9.10. The number of aliphatic hydroxyl groups is 1. The minimum Gasteiger partial charge on any atom is -0.391 e. The summed E-state index contributed by atoms with van der Waals surface area (Å²) in [6, 6.07) is 6.21. The average Bonchev–Trinajstić information content (AvgIpc) is 2.82. The zero-order valence-corrected chi connectivity index (χ0v) is 13.4. The minimum absolute atomic E-state index is 0.0824. The summed E-state index contributed by atoms with van der Waals surface area (Å²) in [5, 5.41) is 11.1. The van der Waals surface area contributed by atoms with E-state index < -0.39 is 10.0 Å². The van der Waals surface area contributed by atoms with Gasteiger partial charge in [-0.2, -0.15) is 0 Å². The van der Waals surface area contributed by atoms with E-state index >= 15 is 0 Å². The van der Waals surface area contributed by atoms with Crippen molar-refractivity contribution in [2.45, 2.75) is 11.5 Å². The van der Waals surface area contributed by atoms with Crippen LogP contribution in [0, 0.1) is 0 Å². The predicted octanol–water partition coefficient (Wildman–Crippen LogP) is 3.46. The summed E-state index contributed by atoms with van der Waals surface area (Å²) in [5.41, 5.74) is 0.364. The molecule has 0 bridgehead atoms. The number of sulfonamides is 1. The molecule has 0 aliphatic heterocycles. The Hall–Kier alpha value is -0.600. The first kappa shape index (κ1) is 14.8. The molecule has 102 valence electrons. The van der Waals surface area contributed by atoms with Crippen LogP contribution < -0.4 is 4.72 Å². The van der Waals surface area contributed by atoms with E-state index in [-0.39, 0.29) is 11.5 Å². The van der Waals surface area contributed by atoms with Crippen LogP contribution in [0.2, 0.25) is 5.02 Å². The van der Waals surface area contributed by atoms with Gasteiger partial charge < -0.3 is 5.11 Å². The van der Waals surface area contributed by atoms with Gasteiger partial charge in [-0.1, -0.05) is 11.6 Å². The van der Waals surface area contributed by atoms with Crippen LogP contribution in [-0.4, -0.2) is 13.5 Å². The number of aliphatic hydroxyl groups excluding tert-OH is 1. The normalized spacial score (nSPS) is 11.5. The van der Waals surface area contributed by atoms with Gasteiger partial charge in [0.25, 0.3) is 10.0 Å². The van der Waals surface area contributed by atoms with E-state index in [9.17, 15) is 8.42 Å². The van der Waals surface area contributed by atoms with Gasteiger partial charge in [0.2, 0.25) is 0 Å². The van der Waals surface area contributed by atoms with Crippen molar-refractivity contribution in [1.29, 1.82) is 0 Å².